The Labute approximate surface area is 130 Å². The van der Waals surface area contributed by atoms with E-state index in [2.05, 4.69) is 4.72 Å². The average molecular weight is 319 g/mol. The van der Waals surface area contributed by atoms with E-state index in [0.29, 0.717) is 10.5 Å². The molecule has 2 aromatic carbocycles. The van der Waals surface area contributed by atoms with Crippen molar-refractivity contribution in [2.24, 2.45) is 0 Å². The van der Waals surface area contributed by atoms with E-state index in [1.54, 1.807) is 31.2 Å². The van der Waals surface area contributed by atoms with Gasteiger partial charge in [0.2, 0.25) is 10.0 Å². The van der Waals surface area contributed by atoms with Gasteiger partial charge in [0.05, 0.1) is 4.90 Å². The molecule has 0 fully saturated rings. The first-order valence-electron chi connectivity index (χ1n) is 7.32. The number of nitrogens with one attached hydrogen (secondary N) is 1. The van der Waals surface area contributed by atoms with Crippen LogP contribution in [0, 0.1) is 12.7 Å². The second-order valence-corrected chi connectivity index (χ2v) is 7.46. The molecule has 0 saturated carbocycles. The summed E-state index contributed by atoms with van der Waals surface area (Å²) in [5.41, 5.74) is 3.62. The molecule has 1 aliphatic carbocycles. The van der Waals surface area contributed by atoms with Crippen molar-refractivity contribution < 1.29 is 12.8 Å². The number of aryl methyl sites for hydroxylation is 3. The summed E-state index contributed by atoms with van der Waals surface area (Å²) in [6.45, 7) is 1.81. The molecule has 0 saturated heterocycles. The highest BCUT2D eigenvalue weighted by Gasteiger charge is 2.18. The van der Waals surface area contributed by atoms with E-state index < -0.39 is 10.0 Å². The fourth-order valence-electron chi connectivity index (χ4n) is 2.79. The van der Waals surface area contributed by atoms with E-state index >= 15 is 0 Å². The average Bonchev–Trinajstić information content (AvgIpc) is 2.96. The van der Waals surface area contributed by atoms with E-state index in [-0.39, 0.29) is 12.4 Å². The van der Waals surface area contributed by atoms with Crippen LogP contribution >= 0.6 is 0 Å². The predicted octanol–water partition coefficient (Wildman–Crippen LogP) is 3.10. The zero-order valence-corrected chi connectivity index (χ0v) is 13.2. The molecule has 0 spiro atoms. The second-order valence-electron chi connectivity index (χ2n) is 5.69. The van der Waals surface area contributed by atoms with Crippen LogP contribution in [0.2, 0.25) is 0 Å². The molecule has 3 rings (SSSR count). The van der Waals surface area contributed by atoms with E-state index in [9.17, 15) is 12.8 Å². The summed E-state index contributed by atoms with van der Waals surface area (Å²) in [7, 11) is -3.55. The molecule has 0 aromatic heterocycles. The summed E-state index contributed by atoms with van der Waals surface area (Å²) in [5.74, 6) is -0.287. The summed E-state index contributed by atoms with van der Waals surface area (Å²) < 4.78 is 40.5. The Morgan fingerprint density at radius 3 is 2.64 bits per heavy atom. The van der Waals surface area contributed by atoms with Gasteiger partial charge in [-0.15, -0.1) is 0 Å². The topological polar surface area (TPSA) is 46.2 Å². The Morgan fingerprint density at radius 2 is 1.86 bits per heavy atom. The van der Waals surface area contributed by atoms with Crippen LogP contribution in [0.25, 0.3) is 0 Å². The Bertz CT molecular complexity index is 815. The van der Waals surface area contributed by atoms with Gasteiger partial charge in [-0.25, -0.2) is 17.5 Å². The summed E-state index contributed by atoms with van der Waals surface area (Å²) in [5, 5.41) is 0. The molecule has 0 atom stereocenters. The van der Waals surface area contributed by atoms with E-state index in [0.717, 1.165) is 30.4 Å². The molecule has 0 radical (unpaired) electrons. The molecular weight excluding hydrogens is 301 g/mol. The van der Waals surface area contributed by atoms with Crippen molar-refractivity contribution in [1.82, 2.24) is 4.72 Å². The van der Waals surface area contributed by atoms with Crippen molar-refractivity contribution in [3.05, 3.63) is 64.5 Å². The number of rotatable bonds is 4. The lowest BCUT2D eigenvalue weighted by atomic mass is 10.1. The van der Waals surface area contributed by atoms with Crippen LogP contribution in [-0.4, -0.2) is 8.42 Å². The molecule has 3 nitrogen and oxygen atoms in total. The quantitative estimate of drug-likeness (QED) is 0.941. The third kappa shape index (κ3) is 3.05. The van der Waals surface area contributed by atoms with Crippen molar-refractivity contribution in [3.63, 3.8) is 0 Å². The summed E-state index contributed by atoms with van der Waals surface area (Å²) >= 11 is 0. The Hall–Kier alpha value is -1.72. The monoisotopic (exact) mass is 319 g/mol. The Morgan fingerprint density at radius 1 is 1.09 bits per heavy atom. The molecule has 0 bridgehead atoms. The van der Waals surface area contributed by atoms with Crippen LogP contribution in [0.5, 0.6) is 0 Å². The van der Waals surface area contributed by atoms with Gasteiger partial charge in [-0.05, 0) is 66.6 Å². The first-order chi connectivity index (χ1) is 10.5. The summed E-state index contributed by atoms with van der Waals surface area (Å²) in [6, 6.07) is 9.92. The highest BCUT2D eigenvalue weighted by atomic mass is 32.2. The van der Waals surface area contributed by atoms with E-state index in [4.69, 9.17) is 0 Å². The lowest BCUT2D eigenvalue weighted by molar-refractivity contribution is 0.581. The SMILES string of the molecule is Cc1cc(CNS(=O)(=O)c2ccc3c(c2)CCC3)ccc1F. The minimum atomic E-state index is -3.55. The maximum atomic E-state index is 13.2. The maximum absolute atomic E-state index is 13.2. The Balaban J connectivity index is 1.77. The van der Waals surface area contributed by atoms with Gasteiger partial charge in [0.1, 0.15) is 5.82 Å². The van der Waals surface area contributed by atoms with Crippen molar-refractivity contribution in [1.29, 1.82) is 0 Å². The van der Waals surface area contributed by atoms with Crippen molar-refractivity contribution in [3.8, 4) is 0 Å². The van der Waals surface area contributed by atoms with Gasteiger partial charge in [-0.3, -0.25) is 0 Å². The van der Waals surface area contributed by atoms with Crippen LogP contribution < -0.4 is 4.72 Å². The van der Waals surface area contributed by atoms with Gasteiger partial charge in [-0.2, -0.15) is 0 Å². The molecule has 5 heteroatoms. The van der Waals surface area contributed by atoms with E-state index in [1.165, 1.54) is 11.6 Å². The molecular formula is C17H18FNO2S. The zero-order valence-electron chi connectivity index (χ0n) is 12.4. The third-order valence-electron chi connectivity index (χ3n) is 4.07. The number of hydrogen-bond acceptors (Lipinski definition) is 2. The zero-order chi connectivity index (χ0) is 15.7. The van der Waals surface area contributed by atoms with Crippen molar-refractivity contribution in [2.45, 2.75) is 37.6 Å². The number of benzene rings is 2. The van der Waals surface area contributed by atoms with Crippen LogP contribution in [-0.2, 0) is 29.4 Å². The molecule has 22 heavy (non-hydrogen) atoms. The highest BCUT2D eigenvalue weighted by Crippen LogP contribution is 2.24. The van der Waals surface area contributed by atoms with Gasteiger partial charge in [0, 0.05) is 6.54 Å². The molecule has 0 heterocycles. The first kappa shape index (κ1) is 15.2. The fraction of sp³-hybridized carbons (Fsp3) is 0.294. The second kappa shape index (κ2) is 5.82. The van der Waals surface area contributed by atoms with Crippen molar-refractivity contribution in [2.75, 3.05) is 0 Å². The van der Waals surface area contributed by atoms with Crippen LogP contribution in [0.3, 0.4) is 0 Å². The molecule has 1 N–H and O–H groups in total. The minimum Gasteiger partial charge on any atom is -0.207 e. The lowest BCUT2D eigenvalue weighted by Crippen LogP contribution is -2.23. The number of sulfonamides is 1. The molecule has 0 unspecified atom stereocenters. The maximum Gasteiger partial charge on any atom is 0.240 e. The predicted molar refractivity (Wildman–Crippen MR) is 83.6 cm³/mol. The highest BCUT2D eigenvalue weighted by molar-refractivity contribution is 7.89. The number of fused-ring (bicyclic) bond motifs is 1. The molecule has 0 amide bonds. The van der Waals surface area contributed by atoms with Crippen LogP contribution in [0.15, 0.2) is 41.3 Å². The van der Waals surface area contributed by atoms with Gasteiger partial charge in [0.25, 0.3) is 0 Å². The molecule has 2 aromatic rings. The van der Waals surface area contributed by atoms with Gasteiger partial charge in [-0.1, -0.05) is 18.2 Å². The van der Waals surface area contributed by atoms with E-state index in [1.807, 2.05) is 6.07 Å². The van der Waals surface area contributed by atoms with Crippen molar-refractivity contribution >= 4 is 10.0 Å². The lowest BCUT2D eigenvalue weighted by Gasteiger charge is -2.09. The largest absolute Gasteiger partial charge is 0.240 e. The third-order valence-corrected chi connectivity index (χ3v) is 5.47. The van der Waals surface area contributed by atoms with Crippen LogP contribution in [0.4, 0.5) is 4.39 Å². The summed E-state index contributed by atoms with van der Waals surface area (Å²) in [4.78, 5) is 0.298. The standard InChI is InChI=1S/C17H18FNO2S/c1-12-9-13(5-8-17(12)18)11-19-22(20,21)16-7-6-14-3-2-4-15(14)10-16/h5-10,19H,2-4,11H2,1H3. The molecule has 0 aliphatic heterocycles. The fourth-order valence-corrected chi connectivity index (χ4v) is 3.86. The first-order valence-corrected chi connectivity index (χ1v) is 8.80. The van der Waals surface area contributed by atoms with Crippen LogP contribution in [0.1, 0.15) is 28.7 Å². The molecule has 116 valence electrons. The molecule has 1 aliphatic rings. The minimum absolute atomic E-state index is 0.153. The smallest absolute Gasteiger partial charge is 0.207 e. The number of halogens is 1. The Kier molecular flexibility index (Phi) is 4.02. The van der Waals surface area contributed by atoms with Gasteiger partial charge in [0.15, 0.2) is 0 Å². The van der Waals surface area contributed by atoms with Gasteiger partial charge >= 0.3 is 0 Å². The summed E-state index contributed by atoms with van der Waals surface area (Å²) in [6.07, 6.45) is 3.05. The van der Waals surface area contributed by atoms with Gasteiger partial charge < -0.3 is 0 Å². The number of hydrogen-bond donors (Lipinski definition) is 1. The normalized spacial score (nSPS) is 14.1.